The summed E-state index contributed by atoms with van der Waals surface area (Å²) in [7, 11) is -0.899. The molecule has 2 amide bonds. The second-order valence-corrected chi connectivity index (χ2v) is 12.6. The summed E-state index contributed by atoms with van der Waals surface area (Å²) in [5.74, 6) is -0.732. The molecule has 1 N–H and O–H groups in total. The highest BCUT2D eigenvalue weighted by atomic mass is 32.2. The van der Waals surface area contributed by atoms with Crippen molar-refractivity contribution in [3.63, 3.8) is 0 Å². The number of rotatable bonds is 8. The van der Waals surface area contributed by atoms with Crippen LogP contribution in [0.5, 0.6) is 5.75 Å². The number of hydrogen-bond donors (Lipinski definition) is 1. The lowest BCUT2D eigenvalue weighted by Crippen LogP contribution is -2.40. The highest BCUT2D eigenvalue weighted by Crippen LogP contribution is 2.41. The van der Waals surface area contributed by atoms with Crippen LogP contribution in [0, 0.1) is 5.82 Å². The van der Waals surface area contributed by atoms with E-state index in [0.717, 1.165) is 16.1 Å². The lowest BCUT2D eigenvalue weighted by atomic mass is 10.0. The number of benzene rings is 3. The van der Waals surface area contributed by atoms with Gasteiger partial charge in [-0.25, -0.2) is 17.8 Å². The van der Waals surface area contributed by atoms with Crippen molar-refractivity contribution in [3.8, 4) is 28.3 Å². The van der Waals surface area contributed by atoms with Crippen molar-refractivity contribution in [1.29, 1.82) is 0 Å². The summed E-state index contributed by atoms with van der Waals surface area (Å²) in [6.45, 7) is 0.489. The molecule has 0 atom stereocenters. The van der Waals surface area contributed by atoms with Gasteiger partial charge in [0.15, 0.2) is 18.2 Å². The van der Waals surface area contributed by atoms with E-state index in [0.29, 0.717) is 35.2 Å². The highest BCUT2D eigenvalue weighted by Gasteiger charge is 2.30. The normalized spacial score (nSPS) is 13.0. The van der Waals surface area contributed by atoms with Gasteiger partial charge >= 0.3 is 0 Å². The molecule has 0 spiro atoms. The molecule has 1 aliphatic rings. The summed E-state index contributed by atoms with van der Waals surface area (Å²) < 4.78 is 52.2. The predicted molar refractivity (Wildman–Crippen MR) is 168 cm³/mol. The summed E-state index contributed by atoms with van der Waals surface area (Å²) in [6.07, 6.45) is 1.69. The SMILES string of the molecule is CNC(=O)c1c(-c2ccc(F)cc2)oc2cc(N(C)S(C)(=O)=O)c(-c3ccc4c(n3)C(=O)N(CCc3ccccc3)CO4)cc12. The predicted octanol–water partition coefficient (Wildman–Crippen LogP) is 5.09. The molecule has 12 heteroatoms. The first-order valence-corrected chi connectivity index (χ1v) is 15.9. The number of carbonyl (C=O) groups excluding carboxylic acids is 2. The Morgan fingerprint density at radius 1 is 1.07 bits per heavy atom. The van der Waals surface area contributed by atoms with Crippen LogP contribution >= 0.6 is 0 Å². The maximum Gasteiger partial charge on any atom is 0.278 e. The van der Waals surface area contributed by atoms with Crippen LogP contribution in [0.3, 0.4) is 0 Å². The minimum atomic E-state index is -3.76. The minimum absolute atomic E-state index is 0.0738. The van der Waals surface area contributed by atoms with E-state index >= 15 is 0 Å². The summed E-state index contributed by atoms with van der Waals surface area (Å²) in [5, 5.41) is 2.99. The van der Waals surface area contributed by atoms with E-state index in [1.54, 1.807) is 23.1 Å². The molecule has 45 heavy (non-hydrogen) atoms. The number of ether oxygens (including phenoxy) is 1. The van der Waals surface area contributed by atoms with Crippen LogP contribution in [0.2, 0.25) is 0 Å². The Hall–Kier alpha value is -5.23. The molecule has 0 unspecified atom stereocenters. The van der Waals surface area contributed by atoms with Gasteiger partial charge in [-0.2, -0.15) is 0 Å². The van der Waals surface area contributed by atoms with Gasteiger partial charge in [-0.1, -0.05) is 30.3 Å². The van der Waals surface area contributed by atoms with Gasteiger partial charge in [-0.05, 0) is 54.4 Å². The number of sulfonamides is 1. The second-order valence-electron chi connectivity index (χ2n) is 10.6. The molecule has 0 saturated heterocycles. The summed E-state index contributed by atoms with van der Waals surface area (Å²) in [6, 6.07) is 21.6. The number of nitrogens with one attached hydrogen (secondary N) is 1. The van der Waals surface area contributed by atoms with E-state index in [1.165, 1.54) is 44.4 Å². The average molecular weight is 629 g/mol. The molecule has 0 saturated carbocycles. The minimum Gasteiger partial charge on any atom is -0.471 e. The number of fused-ring (bicyclic) bond motifs is 2. The van der Waals surface area contributed by atoms with Gasteiger partial charge in [0.2, 0.25) is 10.0 Å². The molecule has 0 fully saturated rings. The molecule has 5 aromatic rings. The largest absolute Gasteiger partial charge is 0.471 e. The van der Waals surface area contributed by atoms with Gasteiger partial charge in [0.05, 0.1) is 23.2 Å². The van der Waals surface area contributed by atoms with Gasteiger partial charge in [0.25, 0.3) is 11.8 Å². The number of furan rings is 1. The molecule has 6 rings (SSSR count). The Kier molecular flexibility index (Phi) is 7.75. The quantitative estimate of drug-likeness (QED) is 0.254. The van der Waals surface area contributed by atoms with Gasteiger partial charge in [-0.3, -0.25) is 13.9 Å². The van der Waals surface area contributed by atoms with Crippen molar-refractivity contribution >= 4 is 38.5 Å². The molecular formula is C33H29FN4O6S. The van der Waals surface area contributed by atoms with E-state index in [2.05, 4.69) is 10.3 Å². The number of halogens is 1. The first kappa shape index (κ1) is 29.8. The van der Waals surface area contributed by atoms with Crippen molar-refractivity contribution in [1.82, 2.24) is 15.2 Å². The van der Waals surface area contributed by atoms with E-state index in [-0.39, 0.29) is 46.6 Å². The number of aromatic nitrogens is 1. The van der Waals surface area contributed by atoms with Crippen LogP contribution in [0.25, 0.3) is 33.6 Å². The molecule has 0 bridgehead atoms. The maximum absolute atomic E-state index is 13.7. The Morgan fingerprint density at radius 3 is 2.49 bits per heavy atom. The Morgan fingerprint density at radius 2 is 1.80 bits per heavy atom. The summed E-state index contributed by atoms with van der Waals surface area (Å²) >= 11 is 0. The number of nitrogens with zero attached hydrogens (tertiary/aromatic N) is 3. The standard InChI is InChI=1S/C33H29FN4O6S/c1-35-32(39)29-24-17-23(26(37(2)45(3,41)42)18-28(24)44-31(29)21-9-11-22(34)12-10-21)25-13-14-27-30(36-25)33(40)38(19-43-27)16-15-20-7-5-4-6-8-20/h4-14,17-18H,15-16,19H2,1-3H3,(H,35,39). The third-order valence-electron chi connectivity index (χ3n) is 7.72. The monoisotopic (exact) mass is 628 g/mol. The van der Waals surface area contributed by atoms with E-state index in [4.69, 9.17) is 9.15 Å². The number of hydrogen-bond acceptors (Lipinski definition) is 7. The Bertz CT molecular complexity index is 2050. The van der Waals surface area contributed by atoms with Crippen LogP contribution < -0.4 is 14.4 Å². The summed E-state index contributed by atoms with van der Waals surface area (Å²) in [4.78, 5) is 33.0. The zero-order chi connectivity index (χ0) is 31.9. The Balaban J connectivity index is 1.48. The third kappa shape index (κ3) is 5.72. The fraction of sp³-hybridized carbons (Fsp3) is 0.182. The topological polar surface area (TPSA) is 122 Å². The first-order chi connectivity index (χ1) is 21.5. The highest BCUT2D eigenvalue weighted by molar-refractivity contribution is 7.92. The van der Waals surface area contributed by atoms with E-state index in [1.807, 2.05) is 30.3 Å². The van der Waals surface area contributed by atoms with Crippen molar-refractivity contribution in [2.24, 2.45) is 0 Å². The molecule has 2 aromatic heterocycles. The molecule has 0 radical (unpaired) electrons. The third-order valence-corrected chi connectivity index (χ3v) is 8.91. The molecule has 3 aromatic carbocycles. The first-order valence-electron chi connectivity index (χ1n) is 14.0. The lowest BCUT2D eigenvalue weighted by Gasteiger charge is -2.28. The molecular weight excluding hydrogens is 599 g/mol. The number of anilines is 1. The van der Waals surface area contributed by atoms with Crippen molar-refractivity contribution in [2.75, 3.05) is 37.9 Å². The van der Waals surface area contributed by atoms with Crippen molar-refractivity contribution < 1.29 is 31.6 Å². The van der Waals surface area contributed by atoms with Crippen molar-refractivity contribution in [3.05, 3.63) is 102 Å². The van der Waals surface area contributed by atoms with Crippen LogP contribution in [-0.4, -0.2) is 63.7 Å². The van der Waals surface area contributed by atoms with Gasteiger partial charge in [-0.15, -0.1) is 0 Å². The van der Waals surface area contributed by atoms with E-state index in [9.17, 15) is 22.4 Å². The van der Waals surface area contributed by atoms with Crippen LogP contribution in [0.15, 0.2) is 83.3 Å². The Labute approximate surface area is 259 Å². The molecule has 1 aliphatic heterocycles. The molecule has 230 valence electrons. The molecule has 3 heterocycles. The van der Waals surface area contributed by atoms with Crippen LogP contribution in [0.4, 0.5) is 10.1 Å². The lowest BCUT2D eigenvalue weighted by molar-refractivity contribution is 0.0515. The number of pyridine rings is 1. The van der Waals surface area contributed by atoms with E-state index < -0.39 is 21.7 Å². The van der Waals surface area contributed by atoms with Crippen LogP contribution in [0.1, 0.15) is 26.4 Å². The maximum atomic E-state index is 13.7. The number of amides is 2. The average Bonchev–Trinajstić information content (AvgIpc) is 3.42. The smallest absolute Gasteiger partial charge is 0.278 e. The van der Waals surface area contributed by atoms with Crippen LogP contribution in [-0.2, 0) is 16.4 Å². The second kappa shape index (κ2) is 11.7. The fourth-order valence-electron chi connectivity index (χ4n) is 5.23. The fourth-order valence-corrected chi connectivity index (χ4v) is 5.74. The molecule has 10 nitrogen and oxygen atoms in total. The zero-order valence-corrected chi connectivity index (χ0v) is 25.5. The van der Waals surface area contributed by atoms with Gasteiger partial charge < -0.3 is 19.4 Å². The van der Waals surface area contributed by atoms with Gasteiger partial charge in [0, 0.05) is 43.2 Å². The van der Waals surface area contributed by atoms with Crippen molar-refractivity contribution in [2.45, 2.75) is 6.42 Å². The zero-order valence-electron chi connectivity index (χ0n) is 24.7. The summed E-state index contributed by atoms with van der Waals surface area (Å²) in [5.41, 5.74) is 2.86. The van der Waals surface area contributed by atoms with Gasteiger partial charge in [0.1, 0.15) is 17.2 Å². The number of carbonyl (C=O) groups is 2. The molecule has 0 aliphatic carbocycles.